The van der Waals surface area contributed by atoms with Crippen molar-refractivity contribution in [2.24, 2.45) is 23.7 Å². The monoisotopic (exact) mass is 371 g/mol. The minimum absolute atomic E-state index is 0.169. The maximum absolute atomic E-state index is 12.5. The summed E-state index contributed by atoms with van der Waals surface area (Å²) >= 11 is 3.34. The lowest BCUT2D eigenvalue weighted by Gasteiger charge is -2.12. The van der Waals surface area contributed by atoms with E-state index >= 15 is 0 Å². The van der Waals surface area contributed by atoms with E-state index in [2.05, 4.69) is 20.7 Å². The Balaban J connectivity index is 1.54. The summed E-state index contributed by atoms with van der Waals surface area (Å²) in [7, 11) is -1.88. The minimum Gasteiger partial charge on any atom is -0.496 e. The molecule has 1 aromatic rings. The van der Waals surface area contributed by atoms with E-state index < -0.39 is 10.0 Å². The maximum atomic E-state index is 12.5. The molecule has 3 aliphatic carbocycles. The van der Waals surface area contributed by atoms with Crippen LogP contribution >= 0.6 is 15.9 Å². The molecule has 4 unspecified atom stereocenters. The van der Waals surface area contributed by atoms with Gasteiger partial charge in [0, 0.05) is 6.04 Å². The zero-order valence-corrected chi connectivity index (χ0v) is 14.2. The van der Waals surface area contributed by atoms with Crippen molar-refractivity contribution in [2.45, 2.75) is 30.2 Å². The van der Waals surface area contributed by atoms with E-state index in [-0.39, 0.29) is 6.04 Å². The van der Waals surface area contributed by atoms with Gasteiger partial charge in [0.25, 0.3) is 0 Å². The molecule has 1 aromatic carbocycles. The molecule has 4 atom stereocenters. The number of hydrogen-bond donors (Lipinski definition) is 1. The molecule has 3 fully saturated rings. The fourth-order valence-electron chi connectivity index (χ4n) is 4.54. The Kier molecular flexibility index (Phi) is 3.14. The van der Waals surface area contributed by atoms with E-state index in [0.29, 0.717) is 27.0 Å². The van der Waals surface area contributed by atoms with Crippen molar-refractivity contribution in [1.82, 2.24) is 4.72 Å². The Morgan fingerprint density at radius 3 is 2.48 bits per heavy atom. The van der Waals surface area contributed by atoms with Gasteiger partial charge in [0.2, 0.25) is 10.0 Å². The van der Waals surface area contributed by atoms with Gasteiger partial charge >= 0.3 is 0 Å². The topological polar surface area (TPSA) is 55.4 Å². The highest BCUT2D eigenvalue weighted by Crippen LogP contribution is 2.65. The molecule has 0 saturated heterocycles. The molecule has 0 heterocycles. The molecule has 0 radical (unpaired) electrons. The summed E-state index contributed by atoms with van der Waals surface area (Å²) in [6.45, 7) is 0. The van der Waals surface area contributed by atoms with Gasteiger partial charge in [-0.1, -0.05) is 0 Å². The van der Waals surface area contributed by atoms with Gasteiger partial charge in [-0.25, -0.2) is 13.1 Å². The first-order valence-electron chi connectivity index (χ1n) is 7.37. The molecule has 0 amide bonds. The predicted octanol–water partition coefficient (Wildman–Crippen LogP) is 2.78. The highest BCUT2D eigenvalue weighted by atomic mass is 79.9. The highest BCUT2D eigenvalue weighted by molar-refractivity contribution is 9.10. The first-order chi connectivity index (χ1) is 10.0. The largest absolute Gasteiger partial charge is 0.496 e. The van der Waals surface area contributed by atoms with Crippen molar-refractivity contribution >= 4 is 26.0 Å². The molecule has 0 aromatic heterocycles. The van der Waals surface area contributed by atoms with Gasteiger partial charge in [-0.05, 0) is 77.1 Å². The van der Waals surface area contributed by atoms with E-state index in [1.165, 1.54) is 19.3 Å². The van der Waals surface area contributed by atoms with Crippen molar-refractivity contribution in [2.75, 3.05) is 7.11 Å². The van der Waals surface area contributed by atoms with E-state index in [4.69, 9.17) is 4.74 Å². The Bertz CT molecular complexity index is 674. The second kappa shape index (κ2) is 4.70. The Morgan fingerprint density at radius 2 is 1.90 bits per heavy atom. The van der Waals surface area contributed by atoms with Crippen LogP contribution in [0.1, 0.15) is 19.3 Å². The first-order valence-corrected chi connectivity index (χ1v) is 9.65. The quantitative estimate of drug-likeness (QED) is 0.884. The summed E-state index contributed by atoms with van der Waals surface area (Å²) in [6.07, 6.45) is 3.90. The molecule has 21 heavy (non-hydrogen) atoms. The number of nitrogens with one attached hydrogen (secondary N) is 1. The standard InChI is InChI=1S/C15H18BrNO3S/c1-20-12-5-4-10(7-11(12)16)21(18,19)17-15-13-8-2-3-9(6-8)14(13)15/h4-5,7-9,13-15,17H,2-3,6H2,1H3. The molecule has 2 bridgehead atoms. The van der Waals surface area contributed by atoms with Gasteiger partial charge < -0.3 is 4.74 Å². The second-order valence-electron chi connectivity index (χ2n) is 6.43. The SMILES string of the molecule is COc1ccc(S(=O)(=O)NC2C3C4CCC(C4)C23)cc1Br. The van der Waals surface area contributed by atoms with Gasteiger partial charge in [0.1, 0.15) is 5.75 Å². The molecular weight excluding hydrogens is 354 g/mol. The Hall–Kier alpha value is -0.590. The van der Waals surface area contributed by atoms with E-state index in [1.54, 1.807) is 25.3 Å². The van der Waals surface area contributed by atoms with E-state index in [1.807, 2.05) is 0 Å². The van der Waals surface area contributed by atoms with E-state index in [0.717, 1.165) is 11.8 Å². The van der Waals surface area contributed by atoms with Crippen LogP contribution in [0.2, 0.25) is 0 Å². The van der Waals surface area contributed by atoms with Crippen molar-refractivity contribution in [3.8, 4) is 5.75 Å². The van der Waals surface area contributed by atoms with Crippen LogP contribution in [0.5, 0.6) is 5.75 Å². The molecule has 0 aliphatic heterocycles. The molecule has 6 heteroatoms. The summed E-state index contributed by atoms with van der Waals surface area (Å²) in [5.41, 5.74) is 0. The number of halogens is 1. The lowest BCUT2D eigenvalue weighted by atomic mass is 10.0. The van der Waals surface area contributed by atoms with Gasteiger partial charge in [0.15, 0.2) is 0 Å². The van der Waals surface area contributed by atoms with Crippen molar-refractivity contribution in [3.63, 3.8) is 0 Å². The number of sulfonamides is 1. The molecule has 3 saturated carbocycles. The lowest BCUT2D eigenvalue weighted by molar-refractivity contribution is 0.411. The summed E-state index contributed by atoms with van der Waals surface area (Å²) in [5.74, 6) is 3.35. The zero-order chi connectivity index (χ0) is 14.8. The fraction of sp³-hybridized carbons (Fsp3) is 0.600. The predicted molar refractivity (Wildman–Crippen MR) is 82.6 cm³/mol. The Morgan fingerprint density at radius 1 is 1.24 bits per heavy atom. The average molecular weight is 372 g/mol. The molecule has 3 aliphatic rings. The zero-order valence-electron chi connectivity index (χ0n) is 11.8. The molecule has 114 valence electrons. The van der Waals surface area contributed by atoms with Crippen LogP contribution in [0, 0.1) is 23.7 Å². The highest BCUT2D eigenvalue weighted by Gasteiger charge is 2.65. The number of ether oxygens (including phenoxy) is 1. The fourth-order valence-corrected chi connectivity index (χ4v) is 6.57. The van der Waals surface area contributed by atoms with Crippen LogP contribution in [0.25, 0.3) is 0 Å². The molecular formula is C15H18BrNO3S. The van der Waals surface area contributed by atoms with Gasteiger partial charge in [-0.2, -0.15) is 0 Å². The molecule has 4 rings (SSSR count). The summed E-state index contributed by atoms with van der Waals surface area (Å²) in [5, 5.41) is 0. The summed E-state index contributed by atoms with van der Waals surface area (Å²) in [6, 6.07) is 5.05. The number of benzene rings is 1. The number of rotatable bonds is 4. The van der Waals surface area contributed by atoms with Crippen molar-refractivity contribution in [1.29, 1.82) is 0 Å². The maximum Gasteiger partial charge on any atom is 0.240 e. The summed E-state index contributed by atoms with van der Waals surface area (Å²) in [4.78, 5) is 0.299. The van der Waals surface area contributed by atoms with Crippen molar-refractivity contribution < 1.29 is 13.2 Å². The number of fused-ring (bicyclic) bond motifs is 5. The normalized spacial score (nSPS) is 36.6. The lowest BCUT2D eigenvalue weighted by Crippen LogP contribution is -2.30. The third-order valence-corrected chi connectivity index (χ3v) is 7.54. The van der Waals surface area contributed by atoms with Crippen LogP contribution in [-0.4, -0.2) is 21.6 Å². The van der Waals surface area contributed by atoms with Gasteiger partial charge in [-0.15, -0.1) is 0 Å². The Labute approximate surface area is 133 Å². The number of methoxy groups -OCH3 is 1. The van der Waals surface area contributed by atoms with Gasteiger partial charge in [0.05, 0.1) is 16.5 Å². The van der Waals surface area contributed by atoms with Gasteiger partial charge in [-0.3, -0.25) is 0 Å². The van der Waals surface area contributed by atoms with Crippen LogP contribution in [0.15, 0.2) is 27.6 Å². The van der Waals surface area contributed by atoms with E-state index in [9.17, 15) is 8.42 Å². The minimum atomic E-state index is -3.44. The molecule has 1 N–H and O–H groups in total. The third-order valence-electron chi connectivity index (χ3n) is 5.46. The van der Waals surface area contributed by atoms with Crippen LogP contribution in [0.3, 0.4) is 0 Å². The average Bonchev–Trinajstić information content (AvgIpc) is 2.85. The summed E-state index contributed by atoms with van der Waals surface area (Å²) < 4.78 is 33.8. The third kappa shape index (κ3) is 2.14. The van der Waals surface area contributed by atoms with Crippen LogP contribution in [-0.2, 0) is 10.0 Å². The molecule has 0 spiro atoms. The smallest absolute Gasteiger partial charge is 0.240 e. The number of hydrogen-bond acceptors (Lipinski definition) is 3. The van der Waals surface area contributed by atoms with Crippen LogP contribution in [0.4, 0.5) is 0 Å². The second-order valence-corrected chi connectivity index (χ2v) is 9.00. The first kappa shape index (κ1) is 14.0. The molecule has 4 nitrogen and oxygen atoms in total. The van der Waals surface area contributed by atoms with Crippen LogP contribution < -0.4 is 9.46 Å². The van der Waals surface area contributed by atoms with Crippen molar-refractivity contribution in [3.05, 3.63) is 22.7 Å².